The van der Waals surface area contributed by atoms with Gasteiger partial charge in [0.15, 0.2) is 0 Å². The number of carboxylic acid groups (broad SMARTS) is 1. The molecule has 1 aliphatic rings. The molecule has 0 bridgehead atoms. The number of esters is 1. The number of aliphatic hydroxyl groups excluding tert-OH is 1. The van der Waals surface area contributed by atoms with Crippen molar-refractivity contribution in [2.45, 2.75) is 46.0 Å². The van der Waals surface area contributed by atoms with Crippen LogP contribution in [0.3, 0.4) is 0 Å². The topological polar surface area (TPSA) is 83.8 Å². The van der Waals surface area contributed by atoms with Crippen molar-refractivity contribution in [3.05, 3.63) is 36.4 Å². The van der Waals surface area contributed by atoms with E-state index in [9.17, 15) is 9.59 Å². The van der Waals surface area contributed by atoms with Gasteiger partial charge in [-0.05, 0) is 19.8 Å². The van der Waals surface area contributed by atoms with Crippen molar-refractivity contribution in [1.82, 2.24) is 0 Å². The van der Waals surface area contributed by atoms with E-state index in [0.717, 1.165) is 19.3 Å². The Morgan fingerprint density at radius 2 is 1.43 bits per heavy atom. The normalized spacial score (nSPS) is 15.1. The molecule has 0 saturated heterocycles. The first kappa shape index (κ1) is 21.1. The number of aliphatic carboxylic acids is 1. The summed E-state index contributed by atoms with van der Waals surface area (Å²) in [5, 5.41) is 17.8. The van der Waals surface area contributed by atoms with Gasteiger partial charge in [-0.2, -0.15) is 0 Å². The molecule has 0 amide bonds. The summed E-state index contributed by atoms with van der Waals surface area (Å²) in [7, 11) is 0. The quantitative estimate of drug-likeness (QED) is 0.834. The summed E-state index contributed by atoms with van der Waals surface area (Å²) in [5.74, 6) is -1.04. The second-order valence-corrected chi connectivity index (χ2v) is 5.38. The Bertz CT molecular complexity index is 398. The molecule has 0 aromatic heterocycles. The summed E-state index contributed by atoms with van der Waals surface area (Å²) in [6.45, 7) is 3.45. The van der Waals surface area contributed by atoms with Gasteiger partial charge >= 0.3 is 11.9 Å². The zero-order chi connectivity index (χ0) is 17.6. The summed E-state index contributed by atoms with van der Waals surface area (Å²) >= 11 is 0. The fourth-order valence-corrected chi connectivity index (χ4v) is 2.26. The summed E-state index contributed by atoms with van der Waals surface area (Å²) < 4.78 is 4.40. The van der Waals surface area contributed by atoms with Gasteiger partial charge in [0.2, 0.25) is 0 Å². The van der Waals surface area contributed by atoms with Gasteiger partial charge < -0.3 is 14.9 Å². The van der Waals surface area contributed by atoms with E-state index in [-0.39, 0.29) is 12.6 Å². The van der Waals surface area contributed by atoms with Gasteiger partial charge in [-0.15, -0.1) is 0 Å². The van der Waals surface area contributed by atoms with Crippen LogP contribution < -0.4 is 0 Å². The molecule has 0 heterocycles. The molecule has 0 spiro atoms. The highest BCUT2D eigenvalue weighted by Crippen LogP contribution is 2.35. The highest BCUT2D eigenvalue weighted by Gasteiger charge is 2.38. The Hall–Kier alpha value is -1.88. The van der Waals surface area contributed by atoms with Crippen LogP contribution in [0.1, 0.15) is 46.0 Å². The number of carboxylic acids is 1. The van der Waals surface area contributed by atoms with Crippen LogP contribution in [0.2, 0.25) is 0 Å². The molecule has 5 nitrogen and oxygen atoms in total. The van der Waals surface area contributed by atoms with Gasteiger partial charge in [0.1, 0.15) is 0 Å². The van der Waals surface area contributed by atoms with E-state index < -0.39 is 11.4 Å². The first-order valence-electron chi connectivity index (χ1n) is 7.96. The Morgan fingerprint density at radius 3 is 1.61 bits per heavy atom. The maximum atomic E-state index is 10.7. The molecular formula is C18H28O5. The second-order valence-electron chi connectivity index (χ2n) is 5.38. The molecule has 130 valence electrons. The number of carbonyl (C=O) groups is 2. The lowest BCUT2D eigenvalue weighted by molar-refractivity contribution is -0.154. The molecule has 2 rings (SSSR count). The Morgan fingerprint density at radius 1 is 1.00 bits per heavy atom. The zero-order valence-corrected chi connectivity index (χ0v) is 14.0. The number of ether oxygens (including phenoxy) is 1. The van der Waals surface area contributed by atoms with E-state index in [0.29, 0.717) is 19.4 Å². The van der Waals surface area contributed by atoms with E-state index in [1.807, 2.05) is 36.4 Å². The van der Waals surface area contributed by atoms with E-state index in [1.54, 1.807) is 6.92 Å². The van der Waals surface area contributed by atoms with Crippen molar-refractivity contribution in [3.8, 4) is 0 Å². The van der Waals surface area contributed by atoms with Gasteiger partial charge in [0, 0.05) is 6.92 Å². The molecule has 1 aromatic rings. The van der Waals surface area contributed by atoms with E-state index in [1.165, 1.54) is 6.92 Å². The van der Waals surface area contributed by atoms with Gasteiger partial charge in [0.05, 0.1) is 18.6 Å². The van der Waals surface area contributed by atoms with Crippen LogP contribution >= 0.6 is 0 Å². The van der Waals surface area contributed by atoms with Crippen LogP contribution in [0.4, 0.5) is 0 Å². The van der Waals surface area contributed by atoms with Crippen LogP contribution in [-0.2, 0) is 14.3 Å². The maximum Gasteiger partial charge on any atom is 0.311 e. The van der Waals surface area contributed by atoms with Crippen LogP contribution in [0, 0.1) is 5.41 Å². The van der Waals surface area contributed by atoms with Gasteiger partial charge in [-0.1, -0.05) is 55.7 Å². The largest absolute Gasteiger partial charge is 0.481 e. The zero-order valence-electron chi connectivity index (χ0n) is 14.0. The van der Waals surface area contributed by atoms with Crippen molar-refractivity contribution < 1.29 is 24.5 Å². The first-order valence-corrected chi connectivity index (χ1v) is 7.96. The summed E-state index contributed by atoms with van der Waals surface area (Å²) in [6, 6.07) is 12.0. The third-order valence-corrected chi connectivity index (χ3v) is 3.58. The maximum absolute atomic E-state index is 10.7. The molecule has 1 fully saturated rings. The van der Waals surface area contributed by atoms with Crippen LogP contribution in [0.5, 0.6) is 0 Å². The predicted octanol–water partition coefficient (Wildman–Crippen LogP) is 3.27. The summed E-state index contributed by atoms with van der Waals surface area (Å²) in [5.41, 5.74) is -0.807. The molecule has 0 radical (unpaired) electrons. The molecule has 5 heteroatoms. The molecule has 1 aromatic carbocycles. The molecule has 0 atom stereocenters. The van der Waals surface area contributed by atoms with Gasteiger partial charge in [-0.3, -0.25) is 9.59 Å². The number of rotatable bonds is 3. The van der Waals surface area contributed by atoms with Crippen molar-refractivity contribution >= 4 is 11.9 Å². The average Bonchev–Trinajstić information content (AvgIpc) is 2.58. The molecule has 0 unspecified atom stereocenters. The third-order valence-electron chi connectivity index (χ3n) is 3.58. The minimum absolute atomic E-state index is 0.206. The lowest BCUT2D eigenvalue weighted by Gasteiger charge is -2.30. The first-order chi connectivity index (χ1) is 11.0. The number of hydrogen-bond acceptors (Lipinski definition) is 4. The SMILES string of the molecule is CCOC(C)=O.O=C(O)C1(CO)CCCCC1.c1ccccc1. The fourth-order valence-electron chi connectivity index (χ4n) is 2.26. The monoisotopic (exact) mass is 324 g/mol. The third kappa shape index (κ3) is 9.68. The van der Waals surface area contributed by atoms with Crippen molar-refractivity contribution in [1.29, 1.82) is 0 Å². The summed E-state index contributed by atoms with van der Waals surface area (Å²) in [6.07, 6.45) is 4.26. The minimum Gasteiger partial charge on any atom is -0.481 e. The highest BCUT2D eigenvalue weighted by molar-refractivity contribution is 5.74. The van der Waals surface area contributed by atoms with E-state index in [4.69, 9.17) is 10.2 Å². The molecule has 2 N–H and O–H groups in total. The number of benzene rings is 1. The van der Waals surface area contributed by atoms with Crippen molar-refractivity contribution in [2.75, 3.05) is 13.2 Å². The molecular weight excluding hydrogens is 296 g/mol. The Kier molecular flexibility index (Phi) is 11.6. The lowest BCUT2D eigenvalue weighted by atomic mass is 9.75. The second kappa shape index (κ2) is 12.6. The molecule has 1 saturated carbocycles. The molecule has 0 aliphatic heterocycles. The van der Waals surface area contributed by atoms with E-state index in [2.05, 4.69) is 4.74 Å². The summed E-state index contributed by atoms with van der Waals surface area (Å²) in [4.78, 5) is 20.6. The predicted molar refractivity (Wildman–Crippen MR) is 89.0 cm³/mol. The van der Waals surface area contributed by atoms with Crippen molar-refractivity contribution in [2.24, 2.45) is 5.41 Å². The average molecular weight is 324 g/mol. The van der Waals surface area contributed by atoms with Gasteiger partial charge in [0.25, 0.3) is 0 Å². The van der Waals surface area contributed by atoms with Crippen LogP contribution in [0.25, 0.3) is 0 Å². The van der Waals surface area contributed by atoms with Crippen molar-refractivity contribution in [3.63, 3.8) is 0 Å². The number of aliphatic hydroxyl groups is 1. The van der Waals surface area contributed by atoms with E-state index >= 15 is 0 Å². The van der Waals surface area contributed by atoms with Gasteiger partial charge in [-0.25, -0.2) is 0 Å². The Labute approximate surface area is 138 Å². The molecule has 1 aliphatic carbocycles. The van der Waals surface area contributed by atoms with Crippen LogP contribution in [0.15, 0.2) is 36.4 Å². The number of hydrogen-bond donors (Lipinski definition) is 2. The number of carbonyl (C=O) groups excluding carboxylic acids is 1. The molecule has 23 heavy (non-hydrogen) atoms. The Balaban J connectivity index is 0.000000344. The fraction of sp³-hybridized carbons (Fsp3) is 0.556. The minimum atomic E-state index is -0.834. The lowest BCUT2D eigenvalue weighted by Crippen LogP contribution is -2.36. The smallest absolute Gasteiger partial charge is 0.311 e. The highest BCUT2D eigenvalue weighted by atomic mass is 16.5. The standard InChI is InChI=1S/C8H14O3.C6H6.C4H8O2/c9-6-8(7(10)11)4-2-1-3-5-8;1-2-4-6-5-3-1;1-3-6-4(2)5/h9H,1-6H2,(H,10,11);1-6H;3H2,1-2H3. The van der Waals surface area contributed by atoms with Crippen LogP contribution in [-0.4, -0.2) is 35.4 Å².